The number of halogens is 2. The first-order chi connectivity index (χ1) is 9.47. The second-order valence-electron chi connectivity index (χ2n) is 4.35. The SMILES string of the molecule is O=S(=O)(NC1CCCn2ncnc21)c1cc(Br)sc1Cl. The molecule has 20 heavy (non-hydrogen) atoms. The molecule has 0 fully saturated rings. The van der Waals surface area contributed by atoms with E-state index in [1.165, 1.54) is 23.7 Å². The number of nitrogens with one attached hydrogen (secondary N) is 1. The van der Waals surface area contributed by atoms with Crippen LogP contribution in [-0.4, -0.2) is 23.2 Å². The Morgan fingerprint density at radius 3 is 3.05 bits per heavy atom. The van der Waals surface area contributed by atoms with Crippen LogP contribution in [0, 0.1) is 0 Å². The molecule has 2 aromatic rings. The zero-order chi connectivity index (χ0) is 14.3. The van der Waals surface area contributed by atoms with E-state index in [0.717, 1.165) is 13.0 Å². The van der Waals surface area contributed by atoms with E-state index in [4.69, 9.17) is 11.6 Å². The van der Waals surface area contributed by atoms with Gasteiger partial charge in [0.25, 0.3) is 0 Å². The van der Waals surface area contributed by atoms with Crippen LogP contribution in [-0.2, 0) is 16.6 Å². The van der Waals surface area contributed by atoms with E-state index in [9.17, 15) is 8.42 Å². The van der Waals surface area contributed by atoms with Gasteiger partial charge in [-0.1, -0.05) is 11.6 Å². The molecule has 0 aromatic carbocycles. The lowest BCUT2D eigenvalue weighted by Crippen LogP contribution is -2.33. The molecule has 1 unspecified atom stereocenters. The van der Waals surface area contributed by atoms with Crippen molar-refractivity contribution in [1.29, 1.82) is 0 Å². The molecule has 0 saturated carbocycles. The molecule has 0 aliphatic carbocycles. The van der Waals surface area contributed by atoms with E-state index in [1.807, 2.05) is 0 Å². The Balaban J connectivity index is 1.91. The monoisotopic (exact) mass is 396 g/mol. The molecule has 6 nitrogen and oxygen atoms in total. The largest absolute Gasteiger partial charge is 0.248 e. The Kier molecular flexibility index (Phi) is 3.89. The molecular weight excluding hydrogens is 388 g/mol. The fraction of sp³-hybridized carbons (Fsp3) is 0.400. The molecule has 3 heterocycles. The van der Waals surface area contributed by atoms with Gasteiger partial charge in [-0.15, -0.1) is 11.3 Å². The molecule has 1 N–H and O–H groups in total. The van der Waals surface area contributed by atoms with E-state index in [0.29, 0.717) is 16.0 Å². The molecule has 0 saturated heterocycles. The Morgan fingerprint density at radius 1 is 1.55 bits per heavy atom. The van der Waals surface area contributed by atoms with Gasteiger partial charge in [0.1, 0.15) is 21.4 Å². The highest BCUT2D eigenvalue weighted by atomic mass is 79.9. The van der Waals surface area contributed by atoms with Gasteiger partial charge in [0.2, 0.25) is 10.0 Å². The minimum Gasteiger partial charge on any atom is -0.248 e. The first-order valence-corrected chi connectivity index (χ1v) is 9.29. The van der Waals surface area contributed by atoms with Crippen LogP contribution in [0.25, 0.3) is 0 Å². The van der Waals surface area contributed by atoms with Crippen molar-refractivity contribution in [2.75, 3.05) is 0 Å². The lowest BCUT2D eigenvalue weighted by molar-refractivity contribution is 0.400. The number of hydrogen-bond acceptors (Lipinski definition) is 5. The maximum absolute atomic E-state index is 12.4. The number of thiophene rings is 1. The van der Waals surface area contributed by atoms with Gasteiger partial charge in [0.15, 0.2) is 0 Å². The van der Waals surface area contributed by atoms with E-state index in [2.05, 4.69) is 30.7 Å². The summed E-state index contributed by atoms with van der Waals surface area (Å²) in [6, 6.07) is 1.13. The third kappa shape index (κ3) is 2.64. The van der Waals surface area contributed by atoms with Gasteiger partial charge in [-0.3, -0.25) is 0 Å². The number of fused-ring (bicyclic) bond motifs is 1. The highest BCUT2D eigenvalue weighted by Gasteiger charge is 2.29. The average Bonchev–Trinajstić information content (AvgIpc) is 2.96. The predicted molar refractivity (Wildman–Crippen MR) is 79.3 cm³/mol. The Labute approximate surface area is 133 Å². The maximum atomic E-state index is 12.4. The van der Waals surface area contributed by atoms with Gasteiger partial charge in [-0.05, 0) is 34.8 Å². The molecule has 1 aliphatic heterocycles. The number of hydrogen-bond donors (Lipinski definition) is 1. The Hall–Kier alpha value is -0.480. The minimum atomic E-state index is -3.67. The molecule has 2 aromatic heterocycles. The Morgan fingerprint density at radius 2 is 2.35 bits per heavy atom. The van der Waals surface area contributed by atoms with E-state index < -0.39 is 10.0 Å². The summed E-state index contributed by atoms with van der Waals surface area (Å²) in [6.45, 7) is 0.762. The van der Waals surface area contributed by atoms with Crippen molar-refractivity contribution in [3.8, 4) is 0 Å². The summed E-state index contributed by atoms with van der Waals surface area (Å²) in [6.07, 6.45) is 2.99. The third-order valence-electron chi connectivity index (χ3n) is 3.03. The molecule has 0 radical (unpaired) electrons. The minimum absolute atomic E-state index is 0.0904. The van der Waals surface area contributed by atoms with Crippen LogP contribution in [0.2, 0.25) is 4.34 Å². The molecule has 0 bridgehead atoms. The van der Waals surface area contributed by atoms with E-state index in [1.54, 1.807) is 4.68 Å². The normalized spacial score (nSPS) is 19.0. The summed E-state index contributed by atoms with van der Waals surface area (Å²) in [4.78, 5) is 4.22. The number of aromatic nitrogens is 3. The highest BCUT2D eigenvalue weighted by Crippen LogP contribution is 2.35. The van der Waals surface area contributed by atoms with Gasteiger partial charge >= 0.3 is 0 Å². The fourth-order valence-electron chi connectivity index (χ4n) is 2.16. The first kappa shape index (κ1) is 14.5. The molecule has 1 aliphatic rings. The summed E-state index contributed by atoms with van der Waals surface area (Å²) >= 11 is 10.4. The van der Waals surface area contributed by atoms with Crippen molar-refractivity contribution in [1.82, 2.24) is 19.5 Å². The molecule has 1 atom stereocenters. The quantitative estimate of drug-likeness (QED) is 0.863. The van der Waals surface area contributed by atoms with Crippen LogP contribution >= 0.6 is 38.9 Å². The van der Waals surface area contributed by atoms with Gasteiger partial charge in [0.05, 0.1) is 9.83 Å². The number of nitrogens with zero attached hydrogens (tertiary/aromatic N) is 3. The average molecular weight is 398 g/mol. The van der Waals surface area contributed by atoms with Crippen molar-refractivity contribution >= 4 is 48.9 Å². The fourth-order valence-corrected chi connectivity index (χ4v) is 6.16. The van der Waals surface area contributed by atoms with Crippen molar-refractivity contribution in [3.63, 3.8) is 0 Å². The zero-order valence-corrected chi connectivity index (χ0v) is 14.1. The molecule has 108 valence electrons. The number of aryl methyl sites for hydroxylation is 1. The molecule has 3 rings (SSSR count). The van der Waals surface area contributed by atoms with Crippen LogP contribution in [0.4, 0.5) is 0 Å². The maximum Gasteiger partial charge on any atom is 0.243 e. The summed E-state index contributed by atoms with van der Waals surface area (Å²) in [5, 5.41) is 4.07. The van der Waals surface area contributed by atoms with Crippen LogP contribution < -0.4 is 4.72 Å². The first-order valence-electron chi connectivity index (χ1n) is 5.82. The van der Waals surface area contributed by atoms with Crippen LogP contribution in [0.5, 0.6) is 0 Å². The van der Waals surface area contributed by atoms with Crippen LogP contribution in [0.15, 0.2) is 21.1 Å². The topological polar surface area (TPSA) is 76.9 Å². The van der Waals surface area contributed by atoms with Crippen molar-refractivity contribution < 1.29 is 8.42 Å². The van der Waals surface area contributed by atoms with Gasteiger partial charge < -0.3 is 0 Å². The number of rotatable bonds is 3. The third-order valence-corrected chi connectivity index (χ3v) is 6.63. The van der Waals surface area contributed by atoms with Gasteiger partial charge in [-0.25, -0.2) is 22.8 Å². The lowest BCUT2D eigenvalue weighted by atomic mass is 10.1. The molecule has 0 spiro atoms. The second-order valence-corrected chi connectivity index (χ2v) is 9.06. The summed E-state index contributed by atoms with van der Waals surface area (Å²) in [7, 11) is -3.67. The van der Waals surface area contributed by atoms with Crippen LogP contribution in [0.3, 0.4) is 0 Å². The molecule has 10 heteroatoms. The smallest absolute Gasteiger partial charge is 0.243 e. The highest BCUT2D eigenvalue weighted by molar-refractivity contribution is 9.11. The Bertz CT molecular complexity index is 742. The van der Waals surface area contributed by atoms with Crippen LogP contribution in [0.1, 0.15) is 24.7 Å². The summed E-state index contributed by atoms with van der Waals surface area (Å²) < 4.78 is 30.1. The van der Waals surface area contributed by atoms with Crippen molar-refractivity contribution in [3.05, 3.63) is 26.3 Å². The van der Waals surface area contributed by atoms with E-state index in [-0.39, 0.29) is 15.3 Å². The standard InChI is InChI=1S/C10H10BrClN4O2S2/c11-8-4-7(9(12)19-8)20(17,18)15-6-2-1-3-16-10(6)13-5-14-16/h4-6,15H,1-3H2. The summed E-state index contributed by atoms with van der Waals surface area (Å²) in [5.41, 5.74) is 0. The van der Waals surface area contributed by atoms with E-state index >= 15 is 0 Å². The van der Waals surface area contributed by atoms with Crippen molar-refractivity contribution in [2.24, 2.45) is 0 Å². The lowest BCUT2D eigenvalue weighted by Gasteiger charge is -2.22. The summed E-state index contributed by atoms with van der Waals surface area (Å²) in [5.74, 6) is 0.644. The van der Waals surface area contributed by atoms with Gasteiger partial charge in [0, 0.05) is 6.54 Å². The van der Waals surface area contributed by atoms with Crippen molar-refractivity contribution in [2.45, 2.75) is 30.3 Å². The predicted octanol–water partition coefficient (Wildman–Crippen LogP) is 2.57. The second kappa shape index (κ2) is 5.38. The van der Waals surface area contributed by atoms with Gasteiger partial charge in [-0.2, -0.15) is 5.10 Å². The molecular formula is C10H10BrClN4O2S2. The number of sulfonamides is 1. The molecule has 0 amide bonds. The zero-order valence-electron chi connectivity index (χ0n) is 10.1.